The molecule has 0 radical (unpaired) electrons. The molecule has 1 unspecified atom stereocenters. The molecule has 0 saturated carbocycles. The van der Waals surface area contributed by atoms with Gasteiger partial charge in [0, 0.05) is 27.6 Å². The van der Waals surface area contributed by atoms with Crippen molar-refractivity contribution in [2.45, 2.75) is 6.42 Å². The SMILES string of the molecule is C1=CC2=Cc3oc4cccc(-c5c6ccccc6c(-c6ccc(-c7ccccc7)cc6)c6ccc(-c7ccc8cc9c(cc8c7)oc7cccc(-c8c%10ccccc%10c(-c%10cccc%11ccccc%10%11)c%10ccccc8%10)c79)cc56)c4c3CC2C=C1. The highest BCUT2D eigenvalue weighted by molar-refractivity contribution is 6.28. The third-order valence-corrected chi connectivity index (χ3v) is 18.4. The number of furan rings is 2. The van der Waals surface area contributed by atoms with Gasteiger partial charge in [0.15, 0.2) is 0 Å². The van der Waals surface area contributed by atoms with E-state index in [0.29, 0.717) is 5.92 Å². The van der Waals surface area contributed by atoms with Crippen molar-refractivity contribution in [3.63, 3.8) is 0 Å². The molecule has 2 nitrogen and oxygen atoms in total. The summed E-state index contributed by atoms with van der Waals surface area (Å²) in [6.45, 7) is 0. The molecule has 2 aliphatic carbocycles. The van der Waals surface area contributed by atoms with Crippen LogP contribution in [0.2, 0.25) is 0 Å². The van der Waals surface area contributed by atoms with Gasteiger partial charge in [-0.3, -0.25) is 0 Å². The van der Waals surface area contributed by atoms with E-state index in [-0.39, 0.29) is 0 Å². The minimum Gasteiger partial charge on any atom is -0.456 e. The molecule has 2 aliphatic rings. The van der Waals surface area contributed by atoms with Crippen molar-refractivity contribution in [2.24, 2.45) is 5.92 Å². The maximum atomic E-state index is 6.96. The Balaban J connectivity index is 0.824. The predicted molar refractivity (Wildman–Crippen MR) is 355 cm³/mol. The molecule has 14 aromatic carbocycles. The van der Waals surface area contributed by atoms with Crippen LogP contribution in [-0.2, 0) is 6.42 Å². The summed E-state index contributed by atoms with van der Waals surface area (Å²) in [6.07, 6.45) is 12.0. The smallest absolute Gasteiger partial charge is 0.136 e. The van der Waals surface area contributed by atoms with Crippen LogP contribution >= 0.6 is 0 Å². The quantitative estimate of drug-likeness (QED) is 0.155. The van der Waals surface area contributed by atoms with Crippen LogP contribution < -0.4 is 0 Å². The molecule has 18 rings (SSSR count). The Labute approximate surface area is 484 Å². The van der Waals surface area contributed by atoms with Crippen molar-refractivity contribution in [3.8, 4) is 66.8 Å². The Kier molecular flexibility index (Phi) is 10.2. The molecule has 0 fully saturated rings. The highest BCUT2D eigenvalue weighted by Gasteiger charge is 2.28. The Morgan fingerprint density at radius 2 is 0.833 bits per heavy atom. The van der Waals surface area contributed by atoms with E-state index < -0.39 is 0 Å². The molecule has 390 valence electrons. The summed E-state index contributed by atoms with van der Waals surface area (Å²) in [7, 11) is 0. The van der Waals surface area contributed by atoms with Gasteiger partial charge in [-0.15, -0.1) is 0 Å². The summed E-state index contributed by atoms with van der Waals surface area (Å²) in [5, 5.41) is 18.0. The topological polar surface area (TPSA) is 26.3 Å². The van der Waals surface area contributed by atoms with Crippen LogP contribution in [0.1, 0.15) is 11.3 Å². The van der Waals surface area contributed by atoms with Crippen molar-refractivity contribution >= 4 is 104 Å². The van der Waals surface area contributed by atoms with Gasteiger partial charge in [-0.25, -0.2) is 0 Å². The summed E-state index contributed by atoms with van der Waals surface area (Å²) in [5.74, 6) is 1.28. The first-order valence-electron chi connectivity index (χ1n) is 29.2. The van der Waals surface area contributed by atoms with Crippen molar-refractivity contribution in [2.75, 3.05) is 0 Å². The first-order chi connectivity index (χ1) is 41.6. The summed E-state index contributed by atoms with van der Waals surface area (Å²) in [5.41, 5.74) is 19.7. The standard InChI is InChI=1S/C82H50O2/c1-2-17-49(18-3-1)50-35-37-52(38-36-50)77-61-24-8-9-25-62(61)80(69-32-16-34-74-82(69)71-45-53-20-4-5-21-54(53)47-75(71)83-74)70-44-56(41-42-67(70)77)55-39-40-57-46-72-76(48-58(57)43-55)84-73-33-15-31-68(81(72)73)79-65-28-12-10-26-63(65)78(64-27-11-13-29-66(64)79)60-30-14-22-51-19-6-7-23-59(51)60/h1-44,46-48,53H,45H2. The predicted octanol–water partition coefficient (Wildman–Crippen LogP) is 22.9. The summed E-state index contributed by atoms with van der Waals surface area (Å²) < 4.78 is 13.8. The van der Waals surface area contributed by atoms with E-state index in [9.17, 15) is 0 Å². The van der Waals surface area contributed by atoms with Gasteiger partial charge in [0.1, 0.15) is 22.5 Å². The lowest BCUT2D eigenvalue weighted by molar-refractivity contribution is 0.586. The van der Waals surface area contributed by atoms with E-state index in [1.54, 1.807) is 0 Å². The van der Waals surface area contributed by atoms with Crippen molar-refractivity contribution < 1.29 is 8.83 Å². The van der Waals surface area contributed by atoms with Gasteiger partial charge >= 0.3 is 0 Å². The molecule has 0 N–H and O–H groups in total. The number of allylic oxidation sites excluding steroid dienone is 5. The van der Waals surface area contributed by atoms with Crippen LogP contribution in [-0.4, -0.2) is 0 Å². The normalized spacial score (nSPS) is 14.0. The molecule has 16 aromatic rings. The summed E-state index contributed by atoms with van der Waals surface area (Å²) in [6, 6.07) is 94.1. The van der Waals surface area contributed by atoms with Crippen LogP contribution in [0.25, 0.3) is 170 Å². The monoisotopic (exact) mass is 1070 g/mol. The lowest BCUT2D eigenvalue weighted by Gasteiger charge is -2.22. The number of benzene rings is 14. The van der Waals surface area contributed by atoms with E-state index in [4.69, 9.17) is 8.83 Å². The second-order valence-corrected chi connectivity index (χ2v) is 22.9. The van der Waals surface area contributed by atoms with Crippen molar-refractivity contribution in [3.05, 3.63) is 296 Å². The molecule has 84 heavy (non-hydrogen) atoms. The van der Waals surface area contributed by atoms with Crippen LogP contribution in [0.3, 0.4) is 0 Å². The Morgan fingerprint density at radius 3 is 1.57 bits per heavy atom. The van der Waals surface area contributed by atoms with Crippen LogP contribution in [0.15, 0.2) is 293 Å². The molecular formula is C82H50O2. The van der Waals surface area contributed by atoms with E-state index in [1.165, 1.54) is 126 Å². The zero-order valence-electron chi connectivity index (χ0n) is 45.7. The van der Waals surface area contributed by atoms with Gasteiger partial charge in [0.05, 0.1) is 0 Å². The van der Waals surface area contributed by atoms with Crippen LogP contribution in [0.4, 0.5) is 0 Å². The van der Waals surface area contributed by atoms with E-state index in [1.807, 2.05) is 0 Å². The fourth-order valence-electron chi connectivity index (χ4n) is 14.6. The molecule has 2 heteroatoms. The third-order valence-electron chi connectivity index (χ3n) is 18.4. The lowest BCUT2D eigenvalue weighted by Crippen LogP contribution is -2.10. The maximum Gasteiger partial charge on any atom is 0.136 e. The number of hydrogen-bond donors (Lipinski definition) is 0. The second-order valence-electron chi connectivity index (χ2n) is 22.9. The molecule has 0 bridgehead atoms. The molecule has 1 atom stereocenters. The Hall–Kier alpha value is -10.8. The maximum absolute atomic E-state index is 6.96. The molecule has 2 aromatic heterocycles. The van der Waals surface area contributed by atoms with E-state index >= 15 is 0 Å². The first kappa shape index (κ1) is 46.9. The minimum atomic E-state index is 0.313. The largest absolute Gasteiger partial charge is 0.456 e. The summed E-state index contributed by atoms with van der Waals surface area (Å²) >= 11 is 0. The Morgan fingerprint density at radius 1 is 0.298 bits per heavy atom. The van der Waals surface area contributed by atoms with Crippen LogP contribution in [0.5, 0.6) is 0 Å². The molecule has 0 aliphatic heterocycles. The minimum absolute atomic E-state index is 0.313. The third kappa shape index (κ3) is 7.11. The average molecular weight is 1070 g/mol. The number of rotatable bonds is 6. The zero-order valence-corrected chi connectivity index (χ0v) is 45.7. The molecule has 0 saturated heterocycles. The van der Waals surface area contributed by atoms with Gasteiger partial charge in [-0.2, -0.15) is 0 Å². The zero-order chi connectivity index (χ0) is 55.0. The molecule has 0 amide bonds. The van der Waals surface area contributed by atoms with Crippen molar-refractivity contribution in [1.29, 1.82) is 0 Å². The molecule has 0 spiro atoms. The van der Waals surface area contributed by atoms with Gasteiger partial charge in [-0.05, 0) is 186 Å². The lowest BCUT2D eigenvalue weighted by atomic mass is 9.80. The number of hydrogen-bond acceptors (Lipinski definition) is 2. The van der Waals surface area contributed by atoms with Crippen molar-refractivity contribution in [1.82, 2.24) is 0 Å². The highest BCUT2D eigenvalue weighted by Crippen LogP contribution is 2.51. The first-order valence-corrected chi connectivity index (χ1v) is 29.2. The van der Waals surface area contributed by atoms with E-state index in [2.05, 4.69) is 285 Å². The highest BCUT2D eigenvalue weighted by atomic mass is 16.3. The van der Waals surface area contributed by atoms with Gasteiger partial charge in [0.2, 0.25) is 0 Å². The fourth-order valence-corrected chi connectivity index (χ4v) is 14.6. The van der Waals surface area contributed by atoms with Crippen LogP contribution in [0, 0.1) is 5.92 Å². The second kappa shape index (κ2) is 18.4. The fraction of sp³-hybridized carbons (Fsp3) is 0.0244. The Bertz CT molecular complexity index is 5510. The van der Waals surface area contributed by atoms with Gasteiger partial charge < -0.3 is 8.83 Å². The van der Waals surface area contributed by atoms with Gasteiger partial charge in [-0.1, -0.05) is 243 Å². The molecule has 2 heterocycles. The van der Waals surface area contributed by atoms with Gasteiger partial charge in [0.25, 0.3) is 0 Å². The average Bonchev–Trinajstić information content (AvgIpc) is 1.85. The molecular weight excluding hydrogens is 1020 g/mol. The summed E-state index contributed by atoms with van der Waals surface area (Å²) in [4.78, 5) is 0. The van der Waals surface area contributed by atoms with E-state index in [0.717, 1.165) is 61.6 Å². The number of fused-ring (bicyclic) bond motifs is 13.